The van der Waals surface area contributed by atoms with E-state index in [-0.39, 0.29) is 0 Å². The molecular weight excluding hydrogens is 759 g/mol. The number of aromatic nitrogens is 3. The fraction of sp³-hybridized carbons (Fsp3) is 0. The summed E-state index contributed by atoms with van der Waals surface area (Å²) >= 11 is 1.87. The van der Waals surface area contributed by atoms with Crippen molar-refractivity contribution in [3.63, 3.8) is 0 Å². The SMILES string of the molecule is c1ccc(-c2ccc(-c3nc(-c4ccc(-c5ccc(-c6ccc(-c7cccc8c7sc7ccccc78)cc6)cc5)cc4)nc(-c4ccccc4-c4ccccc4)n3)cc2)cc1. The maximum Gasteiger partial charge on any atom is 0.164 e. The first-order valence-corrected chi connectivity index (χ1v) is 21.3. The van der Waals surface area contributed by atoms with E-state index in [9.17, 15) is 0 Å². The molecule has 11 aromatic rings. The van der Waals surface area contributed by atoms with Crippen molar-refractivity contribution in [1.82, 2.24) is 15.0 Å². The highest BCUT2D eigenvalue weighted by Crippen LogP contribution is 2.40. The Morgan fingerprint density at radius 1 is 0.230 bits per heavy atom. The van der Waals surface area contributed by atoms with Gasteiger partial charge in [0, 0.05) is 36.9 Å². The van der Waals surface area contributed by atoms with E-state index in [2.05, 4.69) is 206 Å². The van der Waals surface area contributed by atoms with Gasteiger partial charge in [0.15, 0.2) is 17.5 Å². The monoisotopic (exact) mass is 795 g/mol. The van der Waals surface area contributed by atoms with Gasteiger partial charge in [-0.1, -0.05) is 218 Å². The number of rotatable bonds is 8. The Morgan fingerprint density at radius 3 is 1.15 bits per heavy atom. The van der Waals surface area contributed by atoms with Gasteiger partial charge in [-0.25, -0.2) is 15.0 Å². The molecule has 0 saturated heterocycles. The van der Waals surface area contributed by atoms with E-state index >= 15 is 0 Å². The number of hydrogen-bond donors (Lipinski definition) is 0. The topological polar surface area (TPSA) is 38.7 Å². The zero-order valence-electron chi connectivity index (χ0n) is 33.1. The second-order valence-corrected chi connectivity index (χ2v) is 16.2. The van der Waals surface area contributed by atoms with Crippen LogP contribution in [0.3, 0.4) is 0 Å². The van der Waals surface area contributed by atoms with Crippen molar-refractivity contribution in [3.8, 4) is 89.8 Å². The zero-order chi connectivity index (χ0) is 40.5. The number of hydrogen-bond acceptors (Lipinski definition) is 4. The fourth-order valence-corrected chi connectivity index (χ4v) is 9.47. The average Bonchev–Trinajstić information content (AvgIpc) is 3.74. The Bertz CT molecular complexity index is 3300. The Kier molecular flexibility index (Phi) is 9.38. The van der Waals surface area contributed by atoms with Crippen molar-refractivity contribution >= 4 is 31.5 Å². The quantitative estimate of drug-likeness (QED) is 0.154. The first kappa shape index (κ1) is 36.3. The Morgan fingerprint density at radius 2 is 0.590 bits per heavy atom. The van der Waals surface area contributed by atoms with Crippen LogP contribution in [0.5, 0.6) is 0 Å². The van der Waals surface area contributed by atoms with Crippen molar-refractivity contribution in [2.75, 3.05) is 0 Å². The molecule has 0 saturated carbocycles. The van der Waals surface area contributed by atoms with E-state index in [4.69, 9.17) is 15.0 Å². The molecule has 9 aromatic carbocycles. The molecule has 2 heterocycles. The highest BCUT2D eigenvalue weighted by Gasteiger charge is 2.16. The maximum atomic E-state index is 5.13. The summed E-state index contributed by atoms with van der Waals surface area (Å²) in [6.45, 7) is 0. The first-order chi connectivity index (χ1) is 30.2. The van der Waals surface area contributed by atoms with Crippen molar-refractivity contribution < 1.29 is 0 Å². The molecule has 0 N–H and O–H groups in total. The van der Waals surface area contributed by atoms with Crippen LogP contribution >= 0.6 is 11.3 Å². The summed E-state index contributed by atoms with van der Waals surface area (Å²) in [5.41, 5.74) is 14.5. The molecular formula is C57H37N3S. The van der Waals surface area contributed by atoms with Crippen molar-refractivity contribution in [3.05, 3.63) is 224 Å². The molecule has 0 bridgehead atoms. The summed E-state index contributed by atoms with van der Waals surface area (Å²) < 4.78 is 2.66. The second kappa shape index (κ2) is 15.8. The number of nitrogens with zero attached hydrogens (tertiary/aromatic N) is 3. The van der Waals surface area contributed by atoms with Crippen LogP contribution in [0.25, 0.3) is 110 Å². The molecule has 2 aromatic heterocycles. The highest BCUT2D eigenvalue weighted by molar-refractivity contribution is 7.26. The van der Waals surface area contributed by atoms with E-state index in [1.807, 2.05) is 29.5 Å². The van der Waals surface area contributed by atoms with Gasteiger partial charge in [0.1, 0.15) is 0 Å². The predicted octanol–water partition coefficient (Wildman–Crippen LogP) is 15.6. The molecule has 0 aliphatic carbocycles. The first-order valence-electron chi connectivity index (χ1n) is 20.5. The van der Waals surface area contributed by atoms with Crippen molar-refractivity contribution in [2.45, 2.75) is 0 Å². The van der Waals surface area contributed by atoms with E-state index in [1.165, 1.54) is 48.0 Å². The van der Waals surface area contributed by atoms with Crippen LogP contribution < -0.4 is 0 Å². The lowest BCUT2D eigenvalue weighted by Crippen LogP contribution is -2.01. The summed E-state index contributed by atoms with van der Waals surface area (Å²) in [4.78, 5) is 15.3. The van der Waals surface area contributed by atoms with Crippen LogP contribution in [-0.2, 0) is 0 Å². The Balaban J connectivity index is 0.892. The van der Waals surface area contributed by atoms with Gasteiger partial charge in [0.2, 0.25) is 0 Å². The molecule has 0 amide bonds. The predicted molar refractivity (Wildman–Crippen MR) is 256 cm³/mol. The average molecular weight is 796 g/mol. The van der Waals surface area contributed by atoms with Gasteiger partial charge in [0.25, 0.3) is 0 Å². The van der Waals surface area contributed by atoms with Crippen LogP contribution in [0.15, 0.2) is 224 Å². The third-order valence-electron chi connectivity index (χ3n) is 11.4. The standard InChI is InChI=1S/C57H37N3S/c1-3-12-38(13-4-1)39-28-34-46(35-29-39)55-58-56(60-57(59-55)52-18-8-7-16-48(52)44-14-5-2-6-15-44)47-36-30-43(31-37-47)41-24-22-40(23-25-41)42-26-32-45(33-27-42)49-19-11-20-51-50-17-9-10-21-53(50)61-54(49)51/h1-37H. The summed E-state index contributed by atoms with van der Waals surface area (Å²) in [6.07, 6.45) is 0. The molecule has 0 unspecified atom stereocenters. The summed E-state index contributed by atoms with van der Waals surface area (Å²) in [6, 6.07) is 79.3. The number of benzene rings is 9. The smallest absolute Gasteiger partial charge is 0.164 e. The van der Waals surface area contributed by atoms with Gasteiger partial charge >= 0.3 is 0 Å². The molecule has 0 fully saturated rings. The third kappa shape index (κ3) is 7.09. The Labute approximate surface area is 359 Å². The van der Waals surface area contributed by atoms with E-state index < -0.39 is 0 Å². The maximum absolute atomic E-state index is 5.13. The van der Waals surface area contributed by atoms with Crippen LogP contribution in [0.4, 0.5) is 0 Å². The van der Waals surface area contributed by atoms with Gasteiger partial charge in [0.05, 0.1) is 0 Å². The number of fused-ring (bicyclic) bond motifs is 3. The van der Waals surface area contributed by atoms with Gasteiger partial charge < -0.3 is 0 Å². The molecule has 0 atom stereocenters. The molecule has 11 rings (SSSR count). The molecule has 0 aliphatic heterocycles. The molecule has 4 heteroatoms. The van der Waals surface area contributed by atoms with Gasteiger partial charge in [-0.3, -0.25) is 0 Å². The largest absolute Gasteiger partial charge is 0.208 e. The van der Waals surface area contributed by atoms with E-state index in [0.29, 0.717) is 17.5 Å². The Hall–Kier alpha value is -7.79. The minimum atomic E-state index is 0.629. The van der Waals surface area contributed by atoms with Gasteiger partial charge in [-0.2, -0.15) is 0 Å². The number of thiophene rings is 1. The van der Waals surface area contributed by atoms with Gasteiger partial charge in [-0.15, -0.1) is 11.3 Å². The third-order valence-corrected chi connectivity index (χ3v) is 12.7. The second-order valence-electron chi connectivity index (χ2n) is 15.2. The molecule has 0 aliphatic rings. The summed E-state index contributed by atoms with van der Waals surface area (Å²) in [7, 11) is 0. The zero-order valence-corrected chi connectivity index (χ0v) is 33.9. The lowest BCUT2D eigenvalue weighted by Gasteiger charge is -2.12. The molecule has 0 spiro atoms. The minimum absolute atomic E-state index is 0.629. The lowest BCUT2D eigenvalue weighted by molar-refractivity contribution is 1.07. The molecule has 3 nitrogen and oxygen atoms in total. The normalized spacial score (nSPS) is 11.3. The molecule has 0 radical (unpaired) electrons. The molecule has 286 valence electrons. The summed E-state index contributed by atoms with van der Waals surface area (Å²) in [5, 5.41) is 2.65. The van der Waals surface area contributed by atoms with Gasteiger partial charge in [-0.05, 0) is 61.7 Å². The van der Waals surface area contributed by atoms with Crippen LogP contribution in [0.1, 0.15) is 0 Å². The van der Waals surface area contributed by atoms with Crippen LogP contribution in [-0.4, -0.2) is 15.0 Å². The van der Waals surface area contributed by atoms with Crippen molar-refractivity contribution in [2.24, 2.45) is 0 Å². The van der Waals surface area contributed by atoms with Crippen LogP contribution in [0.2, 0.25) is 0 Å². The molecule has 61 heavy (non-hydrogen) atoms. The lowest BCUT2D eigenvalue weighted by atomic mass is 9.97. The highest BCUT2D eigenvalue weighted by atomic mass is 32.1. The fourth-order valence-electron chi connectivity index (χ4n) is 8.23. The van der Waals surface area contributed by atoms with Crippen molar-refractivity contribution in [1.29, 1.82) is 0 Å². The minimum Gasteiger partial charge on any atom is -0.208 e. The van der Waals surface area contributed by atoms with E-state index in [1.54, 1.807) is 0 Å². The van der Waals surface area contributed by atoms with E-state index in [0.717, 1.165) is 44.5 Å². The summed E-state index contributed by atoms with van der Waals surface area (Å²) in [5.74, 6) is 1.90. The van der Waals surface area contributed by atoms with Crippen LogP contribution in [0, 0.1) is 0 Å².